The molecular formula is C18H37N3O8. The third-order valence-corrected chi connectivity index (χ3v) is 3.27. The van der Waals surface area contributed by atoms with Crippen molar-refractivity contribution in [1.82, 2.24) is 10.6 Å². The summed E-state index contributed by atoms with van der Waals surface area (Å²) in [6.45, 7) is 6.98. The maximum absolute atomic E-state index is 11.6. The lowest BCUT2D eigenvalue weighted by atomic mass is 10.4. The molecule has 0 heterocycles. The van der Waals surface area contributed by atoms with Crippen LogP contribution in [-0.4, -0.2) is 111 Å². The Morgan fingerprint density at radius 3 is 1.62 bits per heavy atom. The quantitative estimate of drug-likeness (QED) is 0.122. The molecule has 0 aromatic rings. The van der Waals surface area contributed by atoms with Crippen LogP contribution in [0.4, 0.5) is 0 Å². The molecule has 0 saturated carbocycles. The normalized spacial score (nSPS) is 10.8. The summed E-state index contributed by atoms with van der Waals surface area (Å²) in [5, 5.41) is 5.24. The zero-order valence-electron chi connectivity index (χ0n) is 17.2. The van der Waals surface area contributed by atoms with E-state index >= 15 is 0 Å². The second kappa shape index (κ2) is 24.7. The van der Waals surface area contributed by atoms with Gasteiger partial charge in [0.1, 0.15) is 0 Å². The SMILES string of the molecule is NCCOCCOCCOCCOCCC(=O)NCCOCCOCCNC=O. The Kier molecular flexibility index (Phi) is 23.6. The predicted molar refractivity (Wildman–Crippen MR) is 106 cm³/mol. The van der Waals surface area contributed by atoms with Gasteiger partial charge >= 0.3 is 0 Å². The number of rotatable bonds is 24. The number of ether oxygens (including phenoxy) is 6. The standard InChI is InChI=1S/C18H37N3O8/c19-2-6-25-10-14-29-16-15-28-13-9-24-5-1-18(23)21-4-8-27-12-11-26-7-3-20-17-22/h17H,1-16,19H2,(H,20,22)(H,21,23). The third kappa shape index (κ3) is 24.6. The summed E-state index contributed by atoms with van der Waals surface area (Å²) in [5.74, 6) is -0.0871. The Hall–Kier alpha value is -1.34. The van der Waals surface area contributed by atoms with Crippen molar-refractivity contribution >= 4 is 12.3 Å². The first-order valence-electron chi connectivity index (χ1n) is 9.91. The van der Waals surface area contributed by atoms with E-state index < -0.39 is 0 Å². The number of hydrogen-bond donors (Lipinski definition) is 3. The van der Waals surface area contributed by atoms with Crippen molar-refractivity contribution in [2.45, 2.75) is 6.42 Å². The summed E-state index contributed by atoms with van der Waals surface area (Å²) in [6, 6.07) is 0. The molecule has 0 aromatic carbocycles. The Morgan fingerprint density at radius 1 is 0.655 bits per heavy atom. The van der Waals surface area contributed by atoms with Gasteiger partial charge in [0.25, 0.3) is 0 Å². The fourth-order valence-electron chi connectivity index (χ4n) is 1.87. The number of nitrogens with one attached hydrogen (secondary N) is 2. The molecule has 0 radical (unpaired) electrons. The number of hydrogen-bond acceptors (Lipinski definition) is 9. The van der Waals surface area contributed by atoms with Crippen molar-refractivity contribution in [1.29, 1.82) is 0 Å². The van der Waals surface area contributed by atoms with Gasteiger partial charge < -0.3 is 44.8 Å². The molecular weight excluding hydrogens is 386 g/mol. The molecule has 0 aromatic heterocycles. The van der Waals surface area contributed by atoms with Gasteiger partial charge in [0.2, 0.25) is 12.3 Å². The van der Waals surface area contributed by atoms with Crippen molar-refractivity contribution in [3.8, 4) is 0 Å². The van der Waals surface area contributed by atoms with Gasteiger partial charge in [-0.25, -0.2) is 0 Å². The Labute approximate surface area is 172 Å². The molecule has 2 amide bonds. The molecule has 0 bridgehead atoms. The van der Waals surface area contributed by atoms with E-state index in [1.54, 1.807) is 0 Å². The monoisotopic (exact) mass is 423 g/mol. The summed E-state index contributed by atoms with van der Waals surface area (Å²) >= 11 is 0. The van der Waals surface area contributed by atoms with Gasteiger partial charge in [-0.1, -0.05) is 0 Å². The number of carbonyl (C=O) groups is 2. The maximum Gasteiger partial charge on any atom is 0.222 e. The van der Waals surface area contributed by atoms with E-state index in [2.05, 4.69) is 10.6 Å². The Bertz CT molecular complexity index is 364. The molecule has 0 rings (SSSR count). The first kappa shape index (κ1) is 27.7. The lowest BCUT2D eigenvalue weighted by molar-refractivity contribution is -0.122. The summed E-state index contributed by atoms with van der Waals surface area (Å²) in [4.78, 5) is 21.6. The van der Waals surface area contributed by atoms with Crippen LogP contribution in [0.25, 0.3) is 0 Å². The van der Waals surface area contributed by atoms with E-state index in [-0.39, 0.29) is 5.91 Å². The molecule has 172 valence electrons. The van der Waals surface area contributed by atoms with E-state index in [1.807, 2.05) is 0 Å². The number of amides is 2. The van der Waals surface area contributed by atoms with Crippen molar-refractivity contribution in [2.75, 3.05) is 98.9 Å². The highest BCUT2D eigenvalue weighted by molar-refractivity contribution is 5.75. The predicted octanol–water partition coefficient (Wildman–Crippen LogP) is -1.70. The van der Waals surface area contributed by atoms with Crippen LogP contribution in [0.3, 0.4) is 0 Å². The molecule has 11 heteroatoms. The molecule has 4 N–H and O–H groups in total. The molecule has 0 atom stereocenters. The van der Waals surface area contributed by atoms with E-state index in [9.17, 15) is 9.59 Å². The summed E-state index contributed by atoms with van der Waals surface area (Å²) in [7, 11) is 0. The summed E-state index contributed by atoms with van der Waals surface area (Å²) in [5.41, 5.74) is 5.29. The molecule has 0 spiro atoms. The van der Waals surface area contributed by atoms with Crippen molar-refractivity contribution in [3.63, 3.8) is 0 Å². The minimum absolute atomic E-state index is 0.0871. The molecule has 29 heavy (non-hydrogen) atoms. The van der Waals surface area contributed by atoms with Gasteiger partial charge in [0.15, 0.2) is 0 Å². The minimum Gasteiger partial charge on any atom is -0.379 e. The van der Waals surface area contributed by atoms with Crippen LogP contribution in [-0.2, 0) is 38.0 Å². The van der Waals surface area contributed by atoms with Crippen LogP contribution in [0.15, 0.2) is 0 Å². The molecule has 0 saturated heterocycles. The zero-order chi connectivity index (χ0) is 21.3. The fourth-order valence-corrected chi connectivity index (χ4v) is 1.87. The largest absolute Gasteiger partial charge is 0.379 e. The topological polar surface area (TPSA) is 140 Å². The first-order valence-corrected chi connectivity index (χ1v) is 9.91. The smallest absolute Gasteiger partial charge is 0.222 e. The molecule has 0 fully saturated rings. The average Bonchev–Trinajstić information content (AvgIpc) is 2.72. The van der Waals surface area contributed by atoms with Gasteiger partial charge in [0, 0.05) is 26.1 Å². The summed E-state index contributed by atoms with van der Waals surface area (Å²) in [6.07, 6.45) is 0.918. The molecule has 0 unspecified atom stereocenters. The van der Waals surface area contributed by atoms with E-state index in [0.29, 0.717) is 112 Å². The van der Waals surface area contributed by atoms with Gasteiger partial charge in [-0.2, -0.15) is 0 Å². The maximum atomic E-state index is 11.6. The van der Waals surface area contributed by atoms with Crippen molar-refractivity contribution < 1.29 is 38.0 Å². The lowest BCUT2D eigenvalue weighted by Gasteiger charge is -2.08. The van der Waals surface area contributed by atoms with Crippen LogP contribution < -0.4 is 16.4 Å². The van der Waals surface area contributed by atoms with Gasteiger partial charge in [-0.05, 0) is 0 Å². The molecule has 11 nitrogen and oxygen atoms in total. The Morgan fingerprint density at radius 2 is 1.10 bits per heavy atom. The van der Waals surface area contributed by atoms with E-state index in [1.165, 1.54) is 0 Å². The molecule has 0 aliphatic carbocycles. The highest BCUT2D eigenvalue weighted by Crippen LogP contribution is 1.86. The molecule has 0 aliphatic rings. The van der Waals surface area contributed by atoms with E-state index in [0.717, 1.165) is 0 Å². The fraction of sp³-hybridized carbons (Fsp3) is 0.889. The second-order valence-electron chi connectivity index (χ2n) is 5.63. The number of nitrogens with two attached hydrogens (primary N) is 1. The van der Waals surface area contributed by atoms with Crippen LogP contribution in [0.1, 0.15) is 6.42 Å². The highest BCUT2D eigenvalue weighted by atomic mass is 16.6. The highest BCUT2D eigenvalue weighted by Gasteiger charge is 2.00. The minimum atomic E-state index is -0.0871. The van der Waals surface area contributed by atoms with Gasteiger partial charge in [-0.3, -0.25) is 9.59 Å². The van der Waals surface area contributed by atoms with Crippen LogP contribution in [0.2, 0.25) is 0 Å². The van der Waals surface area contributed by atoms with Crippen LogP contribution >= 0.6 is 0 Å². The van der Waals surface area contributed by atoms with Crippen LogP contribution in [0, 0.1) is 0 Å². The third-order valence-electron chi connectivity index (χ3n) is 3.27. The zero-order valence-corrected chi connectivity index (χ0v) is 17.2. The van der Waals surface area contributed by atoms with Crippen LogP contribution in [0.5, 0.6) is 0 Å². The average molecular weight is 424 g/mol. The molecule has 0 aliphatic heterocycles. The van der Waals surface area contributed by atoms with Gasteiger partial charge in [-0.15, -0.1) is 0 Å². The lowest BCUT2D eigenvalue weighted by Crippen LogP contribution is -2.28. The van der Waals surface area contributed by atoms with Gasteiger partial charge in [0.05, 0.1) is 79.3 Å². The first-order chi connectivity index (χ1) is 14.3. The Balaban J connectivity index is 3.14. The second-order valence-corrected chi connectivity index (χ2v) is 5.63. The number of carbonyl (C=O) groups excluding carboxylic acids is 2. The summed E-state index contributed by atoms with van der Waals surface area (Å²) < 4.78 is 31.7. The van der Waals surface area contributed by atoms with E-state index in [4.69, 9.17) is 34.2 Å². The van der Waals surface area contributed by atoms with Crippen molar-refractivity contribution in [2.24, 2.45) is 5.73 Å². The van der Waals surface area contributed by atoms with Crippen molar-refractivity contribution in [3.05, 3.63) is 0 Å².